The molecule has 3 heteroatoms. The number of furan rings is 1. The molecule has 0 bridgehead atoms. The zero-order valence-electron chi connectivity index (χ0n) is 12.7. The fraction of sp³-hybridized carbons (Fsp3) is 0. The summed E-state index contributed by atoms with van der Waals surface area (Å²) in [5.41, 5.74) is 2.44. The lowest BCUT2D eigenvalue weighted by molar-refractivity contribution is 0.565. The van der Waals surface area contributed by atoms with Gasteiger partial charge in [0.05, 0.1) is 11.6 Å². The second-order valence-corrected chi connectivity index (χ2v) is 5.77. The minimum Gasteiger partial charge on any atom is -0.463 e. The van der Waals surface area contributed by atoms with Crippen LogP contribution in [0.1, 0.15) is 0 Å². The maximum absolute atomic E-state index is 12.6. The Bertz CT molecular complexity index is 1260. The van der Waals surface area contributed by atoms with Crippen LogP contribution in [0, 0.1) is 0 Å². The van der Waals surface area contributed by atoms with Crippen LogP contribution in [-0.4, -0.2) is 0 Å². The molecule has 2 heterocycles. The van der Waals surface area contributed by atoms with Crippen molar-refractivity contribution in [1.29, 1.82) is 0 Å². The van der Waals surface area contributed by atoms with Crippen molar-refractivity contribution in [3.05, 3.63) is 83.4 Å². The quantitative estimate of drug-likeness (QED) is 0.309. The molecule has 3 nitrogen and oxygen atoms in total. The number of rotatable bonds is 1. The molecular weight excluding hydrogens is 300 g/mol. The number of hydrogen-bond donors (Lipinski definition) is 0. The third kappa shape index (κ3) is 1.75. The average molecular weight is 312 g/mol. The Morgan fingerprint density at radius 1 is 0.750 bits per heavy atom. The van der Waals surface area contributed by atoms with Gasteiger partial charge in [-0.05, 0) is 22.4 Å². The predicted octanol–water partition coefficient (Wildman–Crippen LogP) is 5.36. The first kappa shape index (κ1) is 13.1. The second kappa shape index (κ2) is 4.83. The van der Waals surface area contributed by atoms with Crippen LogP contribution < -0.4 is 5.63 Å². The molecular formula is C21H12O3. The summed E-state index contributed by atoms with van der Waals surface area (Å²) in [6.45, 7) is 0. The SMILES string of the molecule is O=c1oc2ccc3ccccc3c2c2occ(-c3ccccc3)c12. The minimum atomic E-state index is -0.375. The molecule has 0 fully saturated rings. The molecule has 114 valence electrons. The van der Waals surface area contributed by atoms with Gasteiger partial charge >= 0.3 is 5.63 Å². The van der Waals surface area contributed by atoms with Gasteiger partial charge in [0, 0.05) is 5.56 Å². The van der Waals surface area contributed by atoms with Gasteiger partial charge < -0.3 is 8.83 Å². The standard InChI is InChI=1S/C21H12O3/c22-21-19-16(13-6-2-1-3-7-13)12-23-20(19)18-15-9-5-4-8-14(15)10-11-17(18)24-21/h1-12H. The Morgan fingerprint density at radius 2 is 1.54 bits per heavy atom. The van der Waals surface area contributed by atoms with Gasteiger partial charge in [-0.1, -0.05) is 60.7 Å². The van der Waals surface area contributed by atoms with Crippen LogP contribution in [0.4, 0.5) is 0 Å². The Labute approximate surface area is 136 Å². The van der Waals surface area contributed by atoms with Crippen molar-refractivity contribution >= 4 is 32.7 Å². The highest BCUT2D eigenvalue weighted by Crippen LogP contribution is 2.35. The molecule has 0 aliphatic rings. The van der Waals surface area contributed by atoms with Crippen LogP contribution >= 0.6 is 0 Å². The number of fused-ring (bicyclic) bond motifs is 5. The summed E-state index contributed by atoms with van der Waals surface area (Å²) in [6, 6.07) is 21.5. The molecule has 3 aromatic carbocycles. The average Bonchev–Trinajstić information content (AvgIpc) is 3.08. The van der Waals surface area contributed by atoms with Crippen LogP contribution in [0.3, 0.4) is 0 Å². The van der Waals surface area contributed by atoms with E-state index in [1.165, 1.54) is 0 Å². The van der Waals surface area contributed by atoms with E-state index < -0.39 is 0 Å². The van der Waals surface area contributed by atoms with E-state index in [2.05, 4.69) is 0 Å². The fourth-order valence-corrected chi connectivity index (χ4v) is 3.30. The van der Waals surface area contributed by atoms with Gasteiger partial charge in [-0.2, -0.15) is 0 Å². The lowest BCUT2D eigenvalue weighted by Crippen LogP contribution is -1.99. The summed E-state index contributed by atoms with van der Waals surface area (Å²) in [6.07, 6.45) is 1.64. The zero-order chi connectivity index (χ0) is 16.1. The van der Waals surface area contributed by atoms with Crippen molar-refractivity contribution in [1.82, 2.24) is 0 Å². The fourth-order valence-electron chi connectivity index (χ4n) is 3.30. The van der Waals surface area contributed by atoms with Crippen LogP contribution in [-0.2, 0) is 0 Å². The third-order valence-electron chi connectivity index (χ3n) is 4.40. The van der Waals surface area contributed by atoms with Crippen LogP contribution in [0.25, 0.3) is 43.8 Å². The zero-order valence-corrected chi connectivity index (χ0v) is 12.7. The van der Waals surface area contributed by atoms with E-state index in [0.29, 0.717) is 16.6 Å². The molecule has 0 saturated carbocycles. The van der Waals surface area contributed by atoms with Crippen LogP contribution in [0.15, 0.2) is 86.6 Å². The van der Waals surface area contributed by atoms with Crippen molar-refractivity contribution < 1.29 is 8.83 Å². The van der Waals surface area contributed by atoms with E-state index in [-0.39, 0.29) is 5.63 Å². The molecule has 0 radical (unpaired) electrons. The first-order chi connectivity index (χ1) is 11.8. The van der Waals surface area contributed by atoms with E-state index >= 15 is 0 Å². The largest absolute Gasteiger partial charge is 0.463 e. The molecule has 0 spiro atoms. The summed E-state index contributed by atoms with van der Waals surface area (Å²) < 4.78 is 11.4. The molecule has 0 N–H and O–H groups in total. The van der Waals surface area contributed by atoms with Crippen LogP contribution in [0.2, 0.25) is 0 Å². The molecule has 0 amide bonds. The maximum Gasteiger partial charge on any atom is 0.348 e. The van der Waals surface area contributed by atoms with Crippen molar-refractivity contribution in [3.63, 3.8) is 0 Å². The molecule has 2 aromatic heterocycles. The van der Waals surface area contributed by atoms with E-state index in [4.69, 9.17) is 8.83 Å². The Kier molecular flexibility index (Phi) is 2.65. The van der Waals surface area contributed by atoms with Gasteiger partial charge in [-0.25, -0.2) is 4.79 Å². The van der Waals surface area contributed by atoms with E-state index in [1.807, 2.05) is 66.7 Å². The molecule has 0 saturated heterocycles. The van der Waals surface area contributed by atoms with Crippen molar-refractivity contribution in [2.45, 2.75) is 0 Å². The predicted molar refractivity (Wildman–Crippen MR) is 95.2 cm³/mol. The van der Waals surface area contributed by atoms with E-state index in [1.54, 1.807) is 6.26 Å². The monoisotopic (exact) mass is 312 g/mol. The topological polar surface area (TPSA) is 43.4 Å². The normalized spacial score (nSPS) is 11.5. The lowest BCUT2D eigenvalue weighted by Gasteiger charge is -2.03. The Morgan fingerprint density at radius 3 is 2.42 bits per heavy atom. The van der Waals surface area contributed by atoms with E-state index in [0.717, 1.165) is 27.3 Å². The highest BCUT2D eigenvalue weighted by Gasteiger charge is 2.18. The molecule has 0 aliphatic heterocycles. The molecule has 5 aromatic rings. The van der Waals surface area contributed by atoms with Gasteiger partial charge in [-0.3, -0.25) is 0 Å². The van der Waals surface area contributed by atoms with Gasteiger partial charge in [0.25, 0.3) is 0 Å². The van der Waals surface area contributed by atoms with Gasteiger partial charge in [0.15, 0.2) is 5.58 Å². The van der Waals surface area contributed by atoms with Crippen LogP contribution in [0.5, 0.6) is 0 Å². The lowest BCUT2D eigenvalue weighted by atomic mass is 10.0. The maximum atomic E-state index is 12.6. The smallest absolute Gasteiger partial charge is 0.348 e. The minimum absolute atomic E-state index is 0.375. The third-order valence-corrected chi connectivity index (χ3v) is 4.40. The van der Waals surface area contributed by atoms with Gasteiger partial charge in [0.1, 0.15) is 11.0 Å². The molecule has 24 heavy (non-hydrogen) atoms. The number of benzene rings is 3. The highest BCUT2D eigenvalue weighted by molar-refractivity contribution is 6.18. The van der Waals surface area contributed by atoms with Gasteiger partial charge in [-0.15, -0.1) is 0 Å². The summed E-state index contributed by atoms with van der Waals surface area (Å²) >= 11 is 0. The molecule has 0 unspecified atom stereocenters. The summed E-state index contributed by atoms with van der Waals surface area (Å²) in [5.74, 6) is 0. The van der Waals surface area contributed by atoms with Gasteiger partial charge in [0.2, 0.25) is 0 Å². The van der Waals surface area contributed by atoms with E-state index in [9.17, 15) is 4.79 Å². The first-order valence-electron chi connectivity index (χ1n) is 7.74. The molecule has 0 aliphatic carbocycles. The number of hydrogen-bond acceptors (Lipinski definition) is 3. The summed E-state index contributed by atoms with van der Waals surface area (Å²) in [7, 11) is 0. The Balaban J connectivity index is 2.00. The summed E-state index contributed by atoms with van der Waals surface area (Å²) in [5, 5.41) is 3.42. The van der Waals surface area contributed by atoms with Crippen molar-refractivity contribution in [2.24, 2.45) is 0 Å². The molecule has 0 atom stereocenters. The Hall–Kier alpha value is -3.33. The molecule has 5 rings (SSSR count). The second-order valence-electron chi connectivity index (χ2n) is 5.77. The van der Waals surface area contributed by atoms with Crippen molar-refractivity contribution in [2.75, 3.05) is 0 Å². The summed E-state index contributed by atoms with van der Waals surface area (Å²) in [4.78, 5) is 12.6. The first-order valence-corrected chi connectivity index (χ1v) is 7.74. The highest BCUT2D eigenvalue weighted by atomic mass is 16.4. The van der Waals surface area contributed by atoms with Crippen molar-refractivity contribution in [3.8, 4) is 11.1 Å².